The number of rotatable bonds is 8. The molecule has 0 aromatic heterocycles. The van der Waals surface area contributed by atoms with Gasteiger partial charge < -0.3 is 0 Å². The lowest BCUT2D eigenvalue weighted by atomic mass is 9.97. The average Bonchev–Trinajstić information content (AvgIpc) is 2.37. The van der Waals surface area contributed by atoms with E-state index in [0.29, 0.717) is 12.8 Å². The number of unbranched alkanes of at least 4 members (excludes halogenated alkanes) is 2. The lowest BCUT2D eigenvalue weighted by molar-refractivity contribution is 0.436. The molecule has 0 saturated carbocycles. The van der Waals surface area contributed by atoms with Crippen molar-refractivity contribution in [1.82, 2.24) is 0 Å². The van der Waals surface area contributed by atoms with Crippen LogP contribution in [0.1, 0.15) is 66.2 Å². The van der Waals surface area contributed by atoms with Gasteiger partial charge in [0.15, 0.2) is 11.1 Å². The summed E-state index contributed by atoms with van der Waals surface area (Å²) in [6.07, 6.45) is 5.43. The molecule has 0 aliphatic carbocycles. The second-order valence-corrected chi connectivity index (χ2v) is 5.18. The van der Waals surface area contributed by atoms with Gasteiger partial charge in [-0.1, -0.05) is 33.1 Å². The molecule has 2 unspecified atom stereocenters. The Morgan fingerprint density at radius 1 is 0.833 bits per heavy atom. The van der Waals surface area contributed by atoms with Crippen LogP contribution >= 0.6 is 0 Å². The van der Waals surface area contributed by atoms with Crippen molar-refractivity contribution in [3.8, 4) is 12.1 Å². The topological polar surface area (TPSA) is 72.3 Å². The van der Waals surface area contributed by atoms with E-state index in [1.165, 1.54) is 0 Å². The van der Waals surface area contributed by atoms with Crippen LogP contribution in [0.2, 0.25) is 0 Å². The SMILES string of the molecule is CCCCCC(C)(C#N)/N=N/C(C)(C#N)CCC. The molecule has 0 rings (SSSR count). The van der Waals surface area contributed by atoms with Gasteiger partial charge >= 0.3 is 0 Å². The third kappa shape index (κ3) is 5.77. The van der Waals surface area contributed by atoms with Crippen molar-refractivity contribution >= 4 is 0 Å². The lowest BCUT2D eigenvalue weighted by Crippen LogP contribution is -2.23. The van der Waals surface area contributed by atoms with Crippen LogP contribution < -0.4 is 0 Å². The molecule has 0 spiro atoms. The fraction of sp³-hybridized carbons (Fsp3) is 0.857. The van der Waals surface area contributed by atoms with E-state index in [9.17, 15) is 5.26 Å². The van der Waals surface area contributed by atoms with Crippen molar-refractivity contribution in [2.45, 2.75) is 77.3 Å². The van der Waals surface area contributed by atoms with Crippen LogP contribution in [0, 0.1) is 22.7 Å². The molecule has 0 amide bonds. The molecule has 4 nitrogen and oxygen atoms in total. The standard InChI is InChI=1S/C14H24N4/c1-5-7-8-10-14(4,12-16)18-17-13(3,11-15)9-6-2/h5-10H2,1-4H3/b18-17+. The van der Waals surface area contributed by atoms with Gasteiger partial charge in [-0.05, 0) is 33.1 Å². The van der Waals surface area contributed by atoms with Crippen molar-refractivity contribution in [3.63, 3.8) is 0 Å². The molecule has 0 fully saturated rings. The fourth-order valence-corrected chi connectivity index (χ4v) is 1.68. The van der Waals surface area contributed by atoms with Crippen LogP contribution in [-0.4, -0.2) is 11.1 Å². The first kappa shape index (κ1) is 16.6. The van der Waals surface area contributed by atoms with Crippen molar-refractivity contribution in [2.24, 2.45) is 10.2 Å². The Kier molecular flexibility index (Phi) is 7.20. The fourth-order valence-electron chi connectivity index (χ4n) is 1.68. The molecule has 0 N–H and O–H groups in total. The van der Waals surface area contributed by atoms with Gasteiger partial charge in [0, 0.05) is 0 Å². The van der Waals surface area contributed by atoms with E-state index in [4.69, 9.17) is 5.26 Å². The quantitative estimate of drug-likeness (QED) is 0.472. The minimum absolute atomic E-state index is 0.670. The van der Waals surface area contributed by atoms with E-state index >= 15 is 0 Å². The van der Waals surface area contributed by atoms with Crippen LogP contribution in [0.25, 0.3) is 0 Å². The van der Waals surface area contributed by atoms with Crippen LogP contribution in [0.15, 0.2) is 10.2 Å². The number of azo groups is 1. The molecule has 0 saturated heterocycles. The van der Waals surface area contributed by atoms with Crippen molar-refractivity contribution in [1.29, 1.82) is 10.5 Å². The first-order chi connectivity index (χ1) is 8.45. The van der Waals surface area contributed by atoms with Gasteiger partial charge in [-0.25, -0.2) is 0 Å². The Labute approximate surface area is 111 Å². The molecule has 100 valence electrons. The molecule has 2 atom stereocenters. The Morgan fingerprint density at radius 2 is 1.33 bits per heavy atom. The molecule has 0 aromatic rings. The molecule has 4 heteroatoms. The van der Waals surface area contributed by atoms with E-state index in [1.54, 1.807) is 13.8 Å². The zero-order valence-electron chi connectivity index (χ0n) is 12.0. The zero-order chi connectivity index (χ0) is 14.1. The summed E-state index contributed by atoms with van der Waals surface area (Å²) in [7, 11) is 0. The maximum Gasteiger partial charge on any atom is 0.164 e. The molecule has 0 bridgehead atoms. The van der Waals surface area contributed by atoms with Crippen LogP contribution in [-0.2, 0) is 0 Å². The summed E-state index contributed by atoms with van der Waals surface area (Å²) in [6, 6.07) is 4.38. The molecule has 0 heterocycles. The molecule has 0 aliphatic rings. The van der Waals surface area contributed by atoms with E-state index in [-0.39, 0.29) is 0 Å². The summed E-state index contributed by atoms with van der Waals surface area (Å²) in [5.74, 6) is 0. The van der Waals surface area contributed by atoms with Gasteiger partial charge in [0.05, 0.1) is 12.1 Å². The Morgan fingerprint density at radius 3 is 1.72 bits per heavy atom. The monoisotopic (exact) mass is 248 g/mol. The summed E-state index contributed by atoms with van der Waals surface area (Å²) >= 11 is 0. The molecule has 0 radical (unpaired) electrons. The highest BCUT2D eigenvalue weighted by molar-refractivity contribution is 5.07. The first-order valence-electron chi connectivity index (χ1n) is 6.72. The Balaban J connectivity index is 4.70. The number of nitrogens with zero attached hydrogens (tertiary/aromatic N) is 4. The largest absolute Gasteiger partial charge is 0.196 e. The summed E-state index contributed by atoms with van der Waals surface area (Å²) in [6.45, 7) is 7.69. The maximum absolute atomic E-state index is 9.20. The second kappa shape index (κ2) is 7.82. The third-order valence-electron chi connectivity index (χ3n) is 2.98. The minimum Gasteiger partial charge on any atom is -0.196 e. The molecule has 0 aromatic carbocycles. The highest BCUT2D eigenvalue weighted by Crippen LogP contribution is 2.23. The van der Waals surface area contributed by atoms with Crippen molar-refractivity contribution in [2.75, 3.05) is 0 Å². The van der Waals surface area contributed by atoms with Crippen molar-refractivity contribution < 1.29 is 0 Å². The van der Waals surface area contributed by atoms with Crippen molar-refractivity contribution in [3.05, 3.63) is 0 Å². The van der Waals surface area contributed by atoms with Crippen LogP contribution in [0.5, 0.6) is 0 Å². The summed E-state index contributed by atoms with van der Waals surface area (Å²) in [4.78, 5) is 0. The maximum atomic E-state index is 9.20. The third-order valence-corrected chi connectivity index (χ3v) is 2.98. The van der Waals surface area contributed by atoms with Gasteiger partial charge in [-0.15, -0.1) is 0 Å². The lowest BCUT2D eigenvalue weighted by Gasteiger charge is -2.19. The van der Waals surface area contributed by atoms with E-state index < -0.39 is 11.1 Å². The smallest absolute Gasteiger partial charge is 0.164 e. The predicted molar refractivity (Wildman–Crippen MR) is 71.9 cm³/mol. The first-order valence-corrected chi connectivity index (χ1v) is 6.72. The summed E-state index contributed by atoms with van der Waals surface area (Å²) < 4.78 is 0. The molecular formula is C14H24N4. The van der Waals surface area contributed by atoms with E-state index in [2.05, 4.69) is 29.3 Å². The van der Waals surface area contributed by atoms with E-state index in [1.807, 2.05) is 6.92 Å². The second-order valence-electron chi connectivity index (χ2n) is 5.18. The molecular weight excluding hydrogens is 224 g/mol. The zero-order valence-corrected chi connectivity index (χ0v) is 12.0. The highest BCUT2D eigenvalue weighted by atomic mass is 15.2. The molecule has 0 aliphatic heterocycles. The molecule has 18 heavy (non-hydrogen) atoms. The average molecular weight is 248 g/mol. The van der Waals surface area contributed by atoms with Gasteiger partial charge in [0.1, 0.15) is 0 Å². The van der Waals surface area contributed by atoms with Gasteiger partial charge in [0.2, 0.25) is 0 Å². The minimum atomic E-state index is -0.794. The van der Waals surface area contributed by atoms with E-state index in [0.717, 1.165) is 25.7 Å². The van der Waals surface area contributed by atoms with Crippen LogP contribution in [0.4, 0.5) is 0 Å². The highest BCUT2D eigenvalue weighted by Gasteiger charge is 2.27. The number of hydrogen-bond acceptors (Lipinski definition) is 4. The number of nitriles is 2. The number of hydrogen-bond donors (Lipinski definition) is 0. The Bertz CT molecular complexity index is 350. The summed E-state index contributed by atoms with van der Waals surface area (Å²) in [5.41, 5.74) is -1.58. The predicted octanol–water partition coefficient (Wildman–Crippen LogP) is 4.38. The van der Waals surface area contributed by atoms with Gasteiger partial charge in [0.25, 0.3) is 0 Å². The van der Waals surface area contributed by atoms with Gasteiger partial charge in [-0.2, -0.15) is 20.8 Å². The van der Waals surface area contributed by atoms with Gasteiger partial charge in [-0.3, -0.25) is 0 Å². The Hall–Kier alpha value is -1.42. The summed E-state index contributed by atoms with van der Waals surface area (Å²) in [5, 5.41) is 26.6. The normalized spacial score (nSPS) is 17.7. The van der Waals surface area contributed by atoms with Crippen LogP contribution in [0.3, 0.4) is 0 Å².